The predicted octanol–water partition coefficient (Wildman–Crippen LogP) is 7.79. The van der Waals surface area contributed by atoms with Crippen LogP contribution in [0.1, 0.15) is 17.5 Å². The smallest absolute Gasteiger partial charge is 0.0105 e. The summed E-state index contributed by atoms with van der Waals surface area (Å²) in [6.45, 7) is 0. The highest BCUT2D eigenvalue weighted by atomic mass is 14.1. The van der Waals surface area contributed by atoms with Gasteiger partial charge in [0.15, 0.2) is 0 Å². The van der Waals surface area contributed by atoms with Crippen molar-refractivity contribution in [2.24, 2.45) is 0 Å². The SMILES string of the molecule is C1=Cc2c(ccc3ccccc23)CC1.c1ccc2c(c1)ccc1ccccc12. The molecule has 0 unspecified atom stereocenters. The Morgan fingerprint density at radius 1 is 0.464 bits per heavy atom. The lowest BCUT2D eigenvalue weighted by Crippen LogP contribution is -1.94. The molecule has 0 heterocycles. The number of benzene rings is 5. The first-order valence-electron chi connectivity index (χ1n) is 9.94. The molecule has 0 N–H and O–H groups in total. The third-order valence-electron chi connectivity index (χ3n) is 5.58. The lowest BCUT2D eigenvalue weighted by molar-refractivity contribution is 0.990. The van der Waals surface area contributed by atoms with Crippen molar-refractivity contribution in [3.8, 4) is 0 Å². The van der Waals surface area contributed by atoms with Gasteiger partial charge in [-0.05, 0) is 56.3 Å². The minimum Gasteiger partial charge on any atom is -0.0836 e. The van der Waals surface area contributed by atoms with Crippen LogP contribution in [-0.4, -0.2) is 0 Å². The zero-order chi connectivity index (χ0) is 18.8. The Labute approximate surface area is 165 Å². The molecule has 0 radical (unpaired) electrons. The topological polar surface area (TPSA) is 0 Å². The Morgan fingerprint density at radius 3 is 1.61 bits per heavy atom. The maximum absolute atomic E-state index is 2.27. The largest absolute Gasteiger partial charge is 0.0836 e. The van der Waals surface area contributed by atoms with Gasteiger partial charge in [0, 0.05) is 0 Å². The third kappa shape index (κ3) is 3.08. The van der Waals surface area contributed by atoms with E-state index in [1.54, 1.807) is 0 Å². The Balaban J connectivity index is 0.000000122. The molecule has 1 aliphatic carbocycles. The molecule has 5 aromatic rings. The molecule has 134 valence electrons. The Hall–Kier alpha value is -3.38. The number of hydrogen-bond donors (Lipinski definition) is 0. The molecule has 0 heteroatoms. The maximum atomic E-state index is 2.27. The van der Waals surface area contributed by atoms with E-state index >= 15 is 0 Å². The van der Waals surface area contributed by atoms with E-state index in [9.17, 15) is 0 Å². The van der Waals surface area contributed by atoms with Crippen molar-refractivity contribution in [2.75, 3.05) is 0 Å². The summed E-state index contributed by atoms with van der Waals surface area (Å²) in [6.07, 6.45) is 6.91. The van der Waals surface area contributed by atoms with E-state index in [-0.39, 0.29) is 0 Å². The number of allylic oxidation sites excluding steroid dienone is 1. The van der Waals surface area contributed by atoms with Crippen molar-refractivity contribution in [1.29, 1.82) is 0 Å². The maximum Gasteiger partial charge on any atom is -0.0105 e. The second-order valence-corrected chi connectivity index (χ2v) is 7.31. The van der Waals surface area contributed by atoms with Gasteiger partial charge in [-0.15, -0.1) is 0 Å². The average molecular weight is 358 g/mol. The van der Waals surface area contributed by atoms with Gasteiger partial charge in [0.2, 0.25) is 0 Å². The van der Waals surface area contributed by atoms with E-state index in [0.29, 0.717) is 0 Å². The molecule has 0 bridgehead atoms. The fourth-order valence-corrected chi connectivity index (χ4v) is 4.15. The van der Waals surface area contributed by atoms with Crippen LogP contribution in [0.25, 0.3) is 38.4 Å². The first kappa shape index (κ1) is 16.8. The molecule has 0 aliphatic heterocycles. The molecule has 0 nitrogen and oxygen atoms in total. The van der Waals surface area contributed by atoms with E-state index in [4.69, 9.17) is 0 Å². The van der Waals surface area contributed by atoms with Crippen molar-refractivity contribution in [1.82, 2.24) is 0 Å². The van der Waals surface area contributed by atoms with Crippen LogP contribution < -0.4 is 0 Å². The van der Waals surface area contributed by atoms with Gasteiger partial charge in [0.05, 0.1) is 0 Å². The van der Waals surface area contributed by atoms with Crippen LogP contribution in [0.3, 0.4) is 0 Å². The molecular weight excluding hydrogens is 336 g/mol. The van der Waals surface area contributed by atoms with Gasteiger partial charge in [-0.25, -0.2) is 0 Å². The highest BCUT2D eigenvalue weighted by Gasteiger charge is 2.07. The van der Waals surface area contributed by atoms with Crippen molar-refractivity contribution in [3.05, 3.63) is 114 Å². The van der Waals surface area contributed by atoms with Crippen molar-refractivity contribution in [2.45, 2.75) is 12.8 Å². The molecule has 5 aromatic carbocycles. The molecule has 0 saturated carbocycles. The fraction of sp³-hybridized carbons (Fsp3) is 0.0714. The monoisotopic (exact) mass is 358 g/mol. The van der Waals surface area contributed by atoms with Gasteiger partial charge >= 0.3 is 0 Å². The van der Waals surface area contributed by atoms with E-state index in [1.165, 1.54) is 56.3 Å². The molecular formula is C28H22. The van der Waals surface area contributed by atoms with Crippen molar-refractivity contribution >= 4 is 38.4 Å². The summed E-state index contributed by atoms with van der Waals surface area (Å²) in [5.74, 6) is 0. The van der Waals surface area contributed by atoms with Crippen LogP contribution in [0.5, 0.6) is 0 Å². The van der Waals surface area contributed by atoms with Crippen LogP contribution in [-0.2, 0) is 6.42 Å². The van der Waals surface area contributed by atoms with Crippen molar-refractivity contribution < 1.29 is 0 Å². The van der Waals surface area contributed by atoms with E-state index in [2.05, 4.69) is 109 Å². The van der Waals surface area contributed by atoms with E-state index in [0.717, 1.165) is 0 Å². The highest BCUT2D eigenvalue weighted by Crippen LogP contribution is 2.27. The van der Waals surface area contributed by atoms with Crippen LogP contribution >= 0.6 is 0 Å². The number of fused-ring (bicyclic) bond motifs is 6. The minimum absolute atomic E-state index is 1.19. The zero-order valence-electron chi connectivity index (χ0n) is 15.8. The third-order valence-corrected chi connectivity index (χ3v) is 5.58. The molecule has 1 aliphatic rings. The van der Waals surface area contributed by atoms with Gasteiger partial charge in [0.25, 0.3) is 0 Å². The standard InChI is InChI=1S/C14H12.C14H10/c2*1-3-7-13-11(5-1)9-10-12-6-2-4-8-14(12)13/h1,3-5,7-10H,2,6H2;1-10H. The summed E-state index contributed by atoms with van der Waals surface area (Å²) in [7, 11) is 0. The highest BCUT2D eigenvalue weighted by molar-refractivity contribution is 6.07. The molecule has 0 saturated heterocycles. The van der Waals surface area contributed by atoms with Gasteiger partial charge in [0.1, 0.15) is 0 Å². The summed E-state index contributed by atoms with van der Waals surface area (Å²) in [4.78, 5) is 0. The molecule has 0 spiro atoms. The Morgan fingerprint density at radius 2 is 0.964 bits per heavy atom. The number of rotatable bonds is 0. The minimum atomic E-state index is 1.19. The summed E-state index contributed by atoms with van der Waals surface area (Å²) < 4.78 is 0. The molecule has 0 amide bonds. The Bertz CT molecular complexity index is 1250. The average Bonchev–Trinajstić information content (AvgIpc) is 2.79. The van der Waals surface area contributed by atoms with Crippen molar-refractivity contribution in [3.63, 3.8) is 0 Å². The van der Waals surface area contributed by atoms with Gasteiger partial charge < -0.3 is 0 Å². The first-order valence-corrected chi connectivity index (χ1v) is 9.94. The summed E-state index contributed by atoms with van der Waals surface area (Å²) in [6, 6.07) is 34.5. The number of aryl methyl sites for hydroxylation is 1. The summed E-state index contributed by atoms with van der Waals surface area (Å²) in [5, 5.41) is 8.03. The number of hydrogen-bond acceptors (Lipinski definition) is 0. The second-order valence-electron chi connectivity index (χ2n) is 7.31. The summed E-state index contributed by atoms with van der Waals surface area (Å²) >= 11 is 0. The normalized spacial score (nSPS) is 12.6. The molecule has 28 heavy (non-hydrogen) atoms. The first-order chi connectivity index (χ1) is 13.9. The van der Waals surface area contributed by atoms with E-state index in [1.807, 2.05) is 0 Å². The van der Waals surface area contributed by atoms with Gasteiger partial charge in [-0.3, -0.25) is 0 Å². The predicted molar refractivity (Wildman–Crippen MR) is 123 cm³/mol. The lowest BCUT2D eigenvalue weighted by Gasteiger charge is -2.12. The molecule has 0 aromatic heterocycles. The molecule has 0 atom stereocenters. The quantitative estimate of drug-likeness (QED) is 0.248. The second kappa shape index (κ2) is 7.32. The molecule has 6 rings (SSSR count). The van der Waals surface area contributed by atoms with Crippen LogP contribution in [0, 0.1) is 0 Å². The van der Waals surface area contributed by atoms with Crippen LogP contribution in [0.4, 0.5) is 0 Å². The van der Waals surface area contributed by atoms with Gasteiger partial charge in [-0.2, -0.15) is 0 Å². The lowest BCUT2D eigenvalue weighted by atomic mass is 9.92. The van der Waals surface area contributed by atoms with Crippen LogP contribution in [0.2, 0.25) is 0 Å². The zero-order valence-corrected chi connectivity index (χ0v) is 15.8. The Kier molecular flexibility index (Phi) is 4.39. The van der Waals surface area contributed by atoms with Crippen LogP contribution in [0.15, 0.2) is 103 Å². The fourth-order valence-electron chi connectivity index (χ4n) is 4.15. The van der Waals surface area contributed by atoms with Gasteiger partial charge in [-0.1, -0.05) is 109 Å². The summed E-state index contributed by atoms with van der Waals surface area (Å²) in [5.41, 5.74) is 2.92. The van der Waals surface area contributed by atoms with E-state index < -0.39 is 0 Å². The molecule has 0 fully saturated rings.